The average Bonchev–Trinajstić information content (AvgIpc) is 2.36. The third-order valence-corrected chi connectivity index (χ3v) is 2.91. The monoisotopic (exact) mass is 278 g/mol. The molecule has 0 aliphatic rings. The highest BCUT2D eigenvalue weighted by Gasteiger charge is 2.20. The highest BCUT2D eigenvalue weighted by atomic mass is 16.2. The second-order valence-corrected chi connectivity index (χ2v) is 5.10. The van der Waals surface area contributed by atoms with E-state index in [2.05, 4.69) is 5.32 Å². The van der Waals surface area contributed by atoms with E-state index in [1.807, 2.05) is 19.0 Å². The van der Waals surface area contributed by atoms with Crippen molar-refractivity contribution < 1.29 is 9.59 Å². The summed E-state index contributed by atoms with van der Waals surface area (Å²) in [5.74, 6) is -0.475. The van der Waals surface area contributed by atoms with Crippen molar-refractivity contribution in [1.82, 2.24) is 10.2 Å². The van der Waals surface area contributed by atoms with Crippen LogP contribution in [0.4, 0.5) is 11.4 Å². The van der Waals surface area contributed by atoms with E-state index in [9.17, 15) is 9.59 Å². The minimum Gasteiger partial charge on any atom is -0.399 e. The summed E-state index contributed by atoms with van der Waals surface area (Å²) >= 11 is 0. The van der Waals surface area contributed by atoms with E-state index in [1.54, 1.807) is 39.2 Å². The number of anilines is 2. The molecule has 0 aliphatic heterocycles. The van der Waals surface area contributed by atoms with Crippen molar-refractivity contribution in [1.29, 1.82) is 0 Å². The molecule has 1 aromatic carbocycles. The molecule has 0 radical (unpaired) electrons. The van der Waals surface area contributed by atoms with E-state index in [0.717, 1.165) is 5.69 Å². The van der Waals surface area contributed by atoms with Crippen LogP contribution in [0.25, 0.3) is 0 Å². The Balaban J connectivity index is 2.98. The van der Waals surface area contributed by atoms with Gasteiger partial charge in [0.2, 0.25) is 5.91 Å². The van der Waals surface area contributed by atoms with Crippen LogP contribution in [0.1, 0.15) is 17.3 Å². The Morgan fingerprint density at radius 1 is 1.20 bits per heavy atom. The standard InChI is InChI=1S/C14H22N4O2/c1-9(14(20)18(4)5)16-13(19)11-8-10(15)6-7-12(11)17(2)3/h6-9H,15H2,1-5H3,(H,16,19). The predicted octanol–water partition coefficient (Wildman–Crippen LogP) is 0.541. The van der Waals surface area contributed by atoms with Crippen LogP contribution in [-0.2, 0) is 4.79 Å². The number of nitrogens with one attached hydrogen (secondary N) is 1. The quantitative estimate of drug-likeness (QED) is 0.788. The number of hydrogen-bond donors (Lipinski definition) is 2. The molecule has 3 N–H and O–H groups in total. The molecular weight excluding hydrogens is 256 g/mol. The fourth-order valence-electron chi connectivity index (χ4n) is 1.85. The number of nitrogens with two attached hydrogens (primary N) is 1. The molecule has 1 unspecified atom stereocenters. The number of amides is 2. The van der Waals surface area contributed by atoms with Gasteiger partial charge in [0.05, 0.1) is 5.56 Å². The van der Waals surface area contributed by atoms with Crippen molar-refractivity contribution >= 4 is 23.2 Å². The third-order valence-electron chi connectivity index (χ3n) is 2.91. The van der Waals surface area contributed by atoms with Crippen molar-refractivity contribution in [2.45, 2.75) is 13.0 Å². The topological polar surface area (TPSA) is 78.7 Å². The van der Waals surface area contributed by atoms with Crippen LogP contribution in [0.15, 0.2) is 18.2 Å². The maximum Gasteiger partial charge on any atom is 0.254 e. The first-order valence-corrected chi connectivity index (χ1v) is 6.33. The van der Waals surface area contributed by atoms with Crippen LogP contribution < -0.4 is 16.0 Å². The maximum absolute atomic E-state index is 12.3. The van der Waals surface area contributed by atoms with Gasteiger partial charge in [-0.05, 0) is 25.1 Å². The molecular formula is C14H22N4O2. The summed E-state index contributed by atoms with van der Waals surface area (Å²) in [4.78, 5) is 27.3. The molecule has 110 valence electrons. The van der Waals surface area contributed by atoms with E-state index in [0.29, 0.717) is 11.3 Å². The van der Waals surface area contributed by atoms with Crippen LogP contribution in [0.2, 0.25) is 0 Å². The van der Waals surface area contributed by atoms with Gasteiger partial charge < -0.3 is 20.9 Å². The van der Waals surface area contributed by atoms with E-state index >= 15 is 0 Å². The molecule has 0 heterocycles. The first-order chi connectivity index (χ1) is 9.23. The van der Waals surface area contributed by atoms with Crippen molar-refractivity contribution in [3.63, 3.8) is 0 Å². The highest BCUT2D eigenvalue weighted by molar-refractivity contribution is 6.02. The number of nitrogen functional groups attached to an aromatic ring is 1. The lowest BCUT2D eigenvalue weighted by Gasteiger charge is -2.21. The van der Waals surface area contributed by atoms with Gasteiger partial charge in [-0.2, -0.15) is 0 Å². The zero-order valence-electron chi connectivity index (χ0n) is 12.6. The third kappa shape index (κ3) is 3.63. The Morgan fingerprint density at radius 3 is 2.30 bits per heavy atom. The van der Waals surface area contributed by atoms with Gasteiger partial charge >= 0.3 is 0 Å². The summed E-state index contributed by atoms with van der Waals surface area (Å²) in [6.07, 6.45) is 0. The van der Waals surface area contributed by atoms with Gasteiger partial charge in [-0.25, -0.2) is 0 Å². The molecule has 1 aromatic rings. The molecule has 1 rings (SSSR count). The lowest BCUT2D eigenvalue weighted by Crippen LogP contribution is -2.44. The first-order valence-electron chi connectivity index (χ1n) is 6.33. The number of rotatable bonds is 4. The SMILES string of the molecule is CC(NC(=O)c1cc(N)ccc1N(C)C)C(=O)N(C)C. The smallest absolute Gasteiger partial charge is 0.254 e. The number of hydrogen-bond acceptors (Lipinski definition) is 4. The molecule has 0 spiro atoms. The first kappa shape index (κ1) is 15.8. The largest absolute Gasteiger partial charge is 0.399 e. The van der Waals surface area contributed by atoms with E-state index in [-0.39, 0.29) is 11.8 Å². The van der Waals surface area contributed by atoms with Gasteiger partial charge in [0.1, 0.15) is 6.04 Å². The van der Waals surface area contributed by atoms with E-state index in [4.69, 9.17) is 5.73 Å². The molecule has 6 nitrogen and oxygen atoms in total. The molecule has 20 heavy (non-hydrogen) atoms. The Hall–Kier alpha value is -2.24. The van der Waals surface area contributed by atoms with Crippen LogP contribution in [-0.4, -0.2) is 50.9 Å². The molecule has 0 saturated heterocycles. The van der Waals surface area contributed by atoms with Gasteiger partial charge in [0.15, 0.2) is 0 Å². The summed E-state index contributed by atoms with van der Waals surface area (Å²) in [5.41, 5.74) is 7.44. The van der Waals surface area contributed by atoms with Crippen LogP contribution in [0, 0.1) is 0 Å². The lowest BCUT2D eigenvalue weighted by molar-refractivity contribution is -0.130. The van der Waals surface area contributed by atoms with Crippen LogP contribution >= 0.6 is 0 Å². The fraction of sp³-hybridized carbons (Fsp3) is 0.429. The summed E-state index contributed by atoms with van der Waals surface area (Å²) in [5, 5.41) is 2.69. The van der Waals surface area contributed by atoms with Crippen molar-refractivity contribution in [3.8, 4) is 0 Å². The number of benzene rings is 1. The minimum absolute atomic E-state index is 0.159. The van der Waals surface area contributed by atoms with Gasteiger partial charge in [-0.15, -0.1) is 0 Å². The van der Waals surface area contributed by atoms with Crippen LogP contribution in [0.5, 0.6) is 0 Å². The van der Waals surface area contributed by atoms with Gasteiger partial charge in [-0.3, -0.25) is 9.59 Å². The highest BCUT2D eigenvalue weighted by Crippen LogP contribution is 2.21. The normalized spacial score (nSPS) is 11.7. The Bertz CT molecular complexity index is 512. The summed E-state index contributed by atoms with van der Waals surface area (Å²) in [6, 6.07) is 4.54. The number of carbonyl (C=O) groups is 2. The molecule has 6 heteroatoms. The second-order valence-electron chi connectivity index (χ2n) is 5.10. The average molecular weight is 278 g/mol. The predicted molar refractivity (Wildman–Crippen MR) is 80.8 cm³/mol. The fourth-order valence-corrected chi connectivity index (χ4v) is 1.85. The summed E-state index contributed by atoms with van der Waals surface area (Å²) in [7, 11) is 6.99. The number of likely N-dealkylation sites (N-methyl/N-ethyl adjacent to an activating group) is 1. The van der Waals surface area contributed by atoms with Crippen molar-refractivity contribution in [3.05, 3.63) is 23.8 Å². The van der Waals surface area contributed by atoms with Gasteiger partial charge in [0.25, 0.3) is 5.91 Å². The number of carbonyl (C=O) groups excluding carboxylic acids is 2. The molecule has 2 amide bonds. The second kappa shape index (κ2) is 6.27. The minimum atomic E-state index is -0.589. The maximum atomic E-state index is 12.3. The molecule has 0 saturated carbocycles. The number of nitrogens with zero attached hydrogens (tertiary/aromatic N) is 2. The molecule has 0 aromatic heterocycles. The van der Waals surface area contributed by atoms with E-state index in [1.165, 1.54) is 4.90 Å². The van der Waals surface area contributed by atoms with Crippen LogP contribution in [0.3, 0.4) is 0 Å². The van der Waals surface area contributed by atoms with E-state index < -0.39 is 6.04 Å². The Morgan fingerprint density at radius 2 is 1.80 bits per heavy atom. The lowest BCUT2D eigenvalue weighted by atomic mass is 10.1. The van der Waals surface area contributed by atoms with Gasteiger partial charge in [0, 0.05) is 39.6 Å². The Labute approximate surface area is 119 Å². The Kier molecular flexibility index (Phi) is 4.96. The molecule has 1 atom stereocenters. The van der Waals surface area contributed by atoms with Gasteiger partial charge in [-0.1, -0.05) is 0 Å². The van der Waals surface area contributed by atoms with Crippen molar-refractivity contribution in [2.75, 3.05) is 38.8 Å². The summed E-state index contributed by atoms with van der Waals surface area (Å²) in [6.45, 7) is 1.65. The molecule has 0 fully saturated rings. The zero-order valence-corrected chi connectivity index (χ0v) is 12.6. The van der Waals surface area contributed by atoms with Crippen molar-refractivity contribution in [2.24, 2.45) is 0 Å². The zero-order chi connectivity index (χ0) is 15.4. The molecule has 0 aliphatic carbocycles. The summed E-state index contributed by atoms with van der Waals surface area (Å²) < 4.78 is 0. The molecule has 0 bridgehead atoms.